The molecule has 0 aromatic heterocycles. The number of benzene rings is 1. The summed E-state index contributed by atoms with van der Waals surface area (Å²) in [5, 5.41) is 12.1. The molecule has 1 atom stereocenters. The number of likely N-dealkylation sites (tertiary alicyclic amines) is 1. The summed E-state index contributed by atoms with van der Waals surface area (Å²) in [7, 11) is 0. The maximum Gasteiger partial charge on any atom is 0.145 e. The van der Waals surface area contributed by atoms with Gasteiger partial charge in [0.1, 0.15) is 11.9 Å². The first-order chi connectivity index (χ1) is 10.2. The van der Waals surface area contributed by atoms with Crippen molar-refractivity contribution in [2.45, 2.75) is 45.2 Å². The molecule has 0 bridgehead atoms. The largest absolute Gasteiger partial charge is 0.313 e. The molecule has 1 aliphatic rings. The van der Waals surface area contributed by atoms with Crippen LogP contribution in [0.5, 0.6) is 0 Å². The number of nitrogens with one attached hydrogen (secondary N) is 1. The molecule has 2 rings (SSSR count). The summed E-state index contributed by atoms with van der Waals surface area (Å²) in [6, 6.07) is 7.55. The van der Waals surface area contributed by atoms with Crippen molar-refractivity contribution in [1.29, 1.82) is 5.26 Å². The molecule has 21 heavy (non-hydrogen) atoms. The number of hydrogen-bond acceptors (Lipinski definition) is 3. The van der Waals surface area contributed by atoms with Gasteiger partial charge in [-0.25, -0.2) is 4.39 Å². The topological polar surface area (TPSA) is 39.1 Å². The molecule has 4 heteroatoms. The Balaban J connectivity index is 1.69. The molecule has 1 N–H and O–H groups in total. The Morgan fingerprint density at radius 1 is 1.43 bits per heavy atom. The van der Waals surface area contributed by atoms with Gasteiger partial charge in [-0.1, -0.05) is 18.6 Å². The van der Waals surface area contributed by atoms with Crippen molar-refractivity contribution in [1.82, 2.24) is 10.2 Å². The van der Waals surface area contributed by atoms with Crippen molar-refractivity contribution >= 4 is 0 Å². The molecule has 3 nitrogen and oxygen atoms in total. The van der Waals surface area contributed by atoms with Crippen LogP contribution < -0.4 is 5.32 Å². The van der Waals surface area contributed by atoms with Crippen molar-refractivity contribution in [2.75, 3.05) is 19.6 Å². The van der Waals surface area contributed by atoms with E-state index in [4.69, 9.17) is 5.26 Å². The lowest BCUT2D eigenvalue weighted by atomic mass is 10.0. The standard InChI is InChI=1S/C17H24FN3/c1-14-6-2-3-10-21(14)11-5-9-20-13-16-8-4-7-15(12-19)17(16)18/h4,7-8,14,20H,2-3,5-6,9-11,13H2,1H3. The minimum absolute atomic E-state index is 0.122. The minimum atomic E-state index is -0.392. The molecule has 1 fully saturated rings. The van der Waals surface area contributed by atoms with E-state index in [9.17, 15) is 4.39 Å². The van der Waals surface area contributed by atoms with Gasteiger partial charge in [0.05, 0.1) is 5.56 Å². The lowest BCUT2D eigenvalue weighted by Gasteiger charge is -2.33. The van der Waals surface area contributed by atoms with Crippen molar-refractivity contribution in [2.24, 2.45) is 0 Å². The molecule has 114 valence electrons. The molecule has 0 radical (unpaired) electrons. The van der Waals surface area contributed by atoms with Gasteiger partial charge < -0.3 is 10.2 Å². The van der Waals surface area contributed by atoms with Crippen molar-refractivity contribution in [3.63, 3.8) is 0 Å². The number of nitrogens with zero attached hydrogens (tertiary/aromatic N) is 2. The maximum absolute atomic E-state index is 13.9. The van der Waals surface area contributed by atoms with Crippen LogP contribution in [0, 0.1) is 17.1 Å². The van der Waals surface area contributed by atoms with Crippen LogP contribution in [0.25, 0.3) is 0 Å². The molecule has 0 spiro atoms. The number of rotatable bonds is 6. The van der Waals surface area contributed by atoms with Crippen LogP contribution in [0.4, 0.5) is 4.39 Å². The van der Waals surface area contributed by atoms with Gasteiger partial charge in [-0.15, -0.1) is 0 Å². The van der Waals surface area contributed by atoms with E-state index in [1.54, 1.807) is 12.1 Å². The van der Waals surface area contributed by atoms with E-state index in [-0.39, 0.29) is 5.56 Å². The normalized spacial score (nSPS) is 19.4. The molecule has 0 amide bonds. The highest BCUT2D eigenvalue weighted by molar-refractivity contribution is 5.34. The Morgan fingerprint density at radius 3 is 3.05 bits per heavy atom. The molecule has 1 heterocycles. The second-order valence-corrected chi connectivity index (χ2v) is 5.80. The zero-order valence-corrected chi connectivity index (χ0v) is 12.7. The Bertz CT molecular complexity index is 495. The molecule has 1 aromatic rings. The number of halogens is 1. The minimum Gasteiger partial charge on any atom is -0.313 e. The van der Waals surface area contributed by atoms with E-state index >= 15 is 0 Å². The van der Waals surface area contributed by atoms with E-state index in [2.05, 4.69) is 17.1 Å². The number of hydrogen-bond donors (Lipinski definition) is 1. The Morgan fingerprint density at radius 2 is 2.29 bits per heavy atom. The van der Waals surface area contributed by atoms with Gasteiger partial charge >= 0.3 is 0 Å². The first-order valence-electron chi connectivity index (χ1n) is 7.84. The first-order valence-corrected chi connectivity index (χ1v) is 7.84. The maximum atomic E-state index is 13.9. The first kappa shape index (κ1) is 15.9. The summed E-state index contributed by atoms with van der Waals surface area (Å²) in [6.07, 6.45) is 5.04. The van der Waals surface area contributed by atoms with E-state index in [1.165, 1.54) is 31.9 Å². The molecule has 0 aliphatic carbocycles. The zero-order valence-electron chi connectivity index (χ0n) is 12.7. The Hall–Kier alpha value is -1.44. The summed E-state index contributed by atoms with van der Waals surface area (Å²) in [5.74, 6) is -0.392. The van der Waals surface area contributed by atoms with Crippen LogP contribution >= 0.6 is 0 Å². The van der Waals surface area contributed by atoms with Crippen molar-refractivity contribution < 1.29 is 4.39 Å². The van der Waals surface area contributed by atoms with Crippen molar-refractivity contribution in [3.8, 4) is 6.07 Å². The number of piperidine rings is 1. The Kier molecular flexibility index (Phi) is 6.16. The lowest BCUT2D eigenvalue weighted by molar-refractivity contribution is 0.159. The van der Waals surface area contributed by atoms with E-state index in [0.29, 0.717) is 18.2 Å². The van der Waals surface area contributed by atoms with Crippen LogP contribution in [0.1, 0.15) is 43.7 Å². The van der Waals surface area contributed by atoms with Gasteiger partial charge in [0.2, 0.25) is 0 Å². The molecule has 1 aromatic carbocycles. The highest BCUT2D eigenvalue weighted by Crippen LogP contribution is 2.16. The fourth-order valence-corrected chi connectivity index (χ4v) is 2.92. The van der Waals surface area contributed by atoms with E-state index in [1.807, 2.05) is 6.07 Å². The molecular formula is C17H24FN3. The van der Waals surface area contributed by atoms with Gasteiger partial charge in [-0.2, -0.15) is 5.26 Å². The zero-order chi connectivity index (χ0) is 15.1. The van der Waals surface area contributed by atoms with Gasteiger partial charge in [-0.3, -0.25) is 0 Å². The average Bonchev–Trinajstić information content (AvgIpc) is 2.50. The predicted molar refractivity (Wildman–Crippen MR) is 82.3 cm³/mol. The summed E-state index contributed by atoms with van der Waals surface area (Å²) < 4.78 is 13.9. The molecule has 1 saturated heterocycles. The van der Waals surface area contributed by atoms with Crippen LogP contribution in [0.2, 0.25) is 0 Å². The monoisotopic (exact) mass is 289 g/mol. The fraction of sp³-hybridized carbons (Fsp3) is 0.588. The summed E-state index contributed by atoms with van der Waals surface area (Å²) in [5.41, 5.74) is 0.692. The van der Waals surface area contributed by atoms with Gasteiger partial charge in [0.15, 0.2) is 0 Å². The molecule has 0 saturated carbocycles. The van der Waals surface area contributed by atoms with E-state index < -0.39 is 5.82 Å². The second kappa shape index (κ2) is 8.11. The fourth-order valence-electron chi connectivity index (χ4n) is 2.92. The van der Waals surface area contributed by atoms with Gasteiger partial charge in [-0.05, 0) is 51.9 Å². The lowest BCUT2D eigenvalue weighted by Crippen LogP contribution is -2.38. The average molecular weight is 289 g/mol. The van der Waals surface area contributed by atoms with Crippen LogP contribution in [-0.4, -0.2) is 30.6 Å². The van der Waals surface area contributed by atoms with Gasteiger partial charge in [0.25, 0.3) is 0 Å². The molecule has 1 aliphatic heterocycles. The SMILES string of the molecule is CC1CCCCN1CCCNCc1cccc(C#N)c1F. The van der Waals surface area contributed by atoms with Gasteiger partial charge in [0, 0.05) is 18.2 Å². The smallest absolute Gasteiger partial charge is 0.145 e. The summed E-state index contributed by atoms with van der Waals surface area (Å²) >= 11 is 0. The van der Waals surface area contributed by atoms with Crippen LogP contribution in [0.15, 0.2) is 18.2 Å². The number of nitriles is 1. The quantitative estimate of drug-likeness (QED) is 0.818. The van der Waals surface area contributed by atoms with Crippen molar-refractivity contribution in [3.05, 3.63) is 35.1 Å². The second-order valence-electron chi connectivity index (χ2n) is 5.80. The summed E-state index contributed by atoms with van der Waals surface area (Å²) in [6.45, 7) is 5.97. The van der Waals surface area contributed by atoms with Crippen LogP contribution in [-0.2, 0) is 6.54 Å². The Labute approximate surface area is 126 Å². The third-order valence-corrected chi connectivity index (χ3v) is 4.25. The third-order valence-electron chi connectivity index (χ3n) is 4.25. The highest BCUT2D eigenvalue weighted by atomic mass is 19.1. The van der Waals surface area contributed by atoms with E-state index in [0.717, 1.165) is 19.5 Å². The highest BCUT2D eigenvalue weighted by Gasteiger charge is 2.17. The molecular weight excluding hydrogens is 265 g/mol. The summed E-state index contributed by atoms with van der Waals surface area (Å²) in [4.78, 5) is 2.54. The third kappa shape index (κ3) is 4.52. The molecule has 1 unspecified atom stereocenters. The van der Waals surface area contributed by atoms with Crippen LogP contribution in [0.3, 0.4) is 0 Å². The predicted octanol–water partition coefficient (Wildman–Crippen LogP) is 3.05.